The van der Waals surface area contributed by atoms with Crippen LogP contribution in [0.1, 0.15) is 29.8 Å². The largest absolute Gasteiger partial charge is 0.494 e. The summed E-state index contributed by atoms with van der Waals surface area (Å²) in [4.78, 5) is 12.4. The van der Waals surface area contributed by atoms with Gasteiger partial charge in [-0.25, -0.2) is 0 Å². The highest BCUT2D eigenvalue weighted by molar-refractivity contribution is 6.05. The Morgan fingerprint density at radius 3 is 2.35 bits per heavy atom. The van der Waals surface area contributed by atoms with E-state index in [1.807, 2.05) is 32.0 Å². The van der Waals surface area contributed by atoms with E-state index in [0.29, 0.717) is 42.5 Å². The van der Waals surface area contributed by atoms with E-state index in [4.69, 9.17) is 15.2 Å². The molecule has 0 aliphatic rings. The van der Waals surface area contributed by atoms with Crippen LogP contribution in [-0.4, -0.2) is 19.1 Å². The first-order valence-electron chi connectivity index (χ1n) is 7.68. The first-order chi connectivity index (χ1) is 11.2. The van der Waals surface area contributed by atoms with Crippen LogP contribution in [-0.2, 0) is 6.54 Å². The van der Waals surface area contributed by atoms with Crippen LogP contribution in [0.5, 0.6) is 11.5 Å². The lowest BCUT2D eigenvalue weighted by Crippen LogP contribution is -2.13. The SMILES string of the molecule is CCOc1ccc(OCC)c(NC(=O)c2ccc(CN)cc2)c1. The molecule has 3 N–H and O–H groups in total. The Morgan fingerprint density at radius 1 is 1.04 bits per heavy atom. The molecule has 0 saturated carbocycles. The van der Waals surface area contributed by atoms with Crippen molar-refractivity contribution in [2.24, 2.45) is 5.73 Å². The van der Waals surface area contributed by atoms with Gasteiger partial charge in [-0.3, -0.25) is 4.79 Å². The minimum atomic E-state index is -0.205. The molecular formula is C18H22N2O3. The fourth-order valence-electron chi connectivity index (χ4n) is 2.13. The standard InChI is InChI=1S/C18H22N2O3/c1-3-22-15-9-10-17(23-4-2)16(11-15)20-18(21)14-7-5-13(12-19)6-8-14/h5-11H,3-4,12,19H2,1-2H3,(H,20,21). The number of amides is 1. The zero-order valence-corrected chi connectivity index (χ0v) is 13.5. The van der Waals surface area contributed by atoms with Gasteiger partial charge in [-0.15, -0.1) is 0 Å². The fourth-order valence-corrected chi connectivity index (χ4v) is 2.13. The summed E-state index contributed by atoms with van der Waals surface area (Å²) in [7, 11) is 0. The summed E-state index contributed by atoms with van der Waals surface area (Å²) >= 11 is 0. The highest BCUT2D eigenvalue weighted by Crippen LogP contribution is 2.30. The van der Waals surface area contributed by atoms with E-state index in [1.54, 1.807) is 24.3 Å². The lowest BCUT2D eigenvalue weighted by atomic mass is 10.1. The van der Waals surface area contributed by atoms with Gasteiger partial charge in [0, 0.05) is 18.2 Å². The van der Waals surface area contributed by atoms with Crippen LogP contribution in [0.2, 0.25) is 0 Å². The Hall–Kier alpha value is -2.53. The first kappa shape index (κ1) is 16.8. The highest BCUT2D eigenvalue weighted by atomic mass is 16.5. The molecule has 0 aliphatic heterocycles. The van der Waals surface area contributed by atoms with Crippen LogP contribution in [0.4, 0.5) is 5.69 Å². The van der Waals surface area contributed by atoms with Crippen molar-refractivity contribution in [3.05, 3.63) is 53.6 Å². The van der Waals surface area contributed by atoms with Crippen molar-refractivity contribution < 1.29 is 14.3 Å². The second-order valence-electron chi connectivity index (χ2n) is 4.88. The molecule has 2 aromatic rings. The summed E-state index contributed by atoms with van der Waals surface area (Å²) in [6, 6.07) is 12.6. The molecule has 0 fully saturated rings. The molecule has 2 aromatic carbocycles. The molecule has 0 unspecified atom stereocenters. The lowest BCUT2D eigenvalue weighted by molar-refractivity contribution is 0.102. The Bertz CT molecular complexity index is 654. The van der Waals surface area contributed by atoms with Crippen LogP contribution >= 0.6 is 0 Å². The molecule has 0 radical (unpaired) electrons. The number of hydrogen-bond acceptors (Lipinski definition) is 4. The van der Waals surface area contributed by atoms with E-state index in [0.717, 1.165) is 5.56 Å². The number of hydrogen-bond donors (Lipinski definition) is 2. The van der Waals surface area contributed by atoms with Crippen LogP contribution in [0, 0.1) is 0 Å². The van der Waals surface area contributed by atoms with Gasteiger partial charge in [0.1, 0.15) is 11.5 Å². The van der Waals surface area contributed by atoms with Crippen LogP contribution in [0.25, 0.3) is 0 Å². The number of nitrogens with one attached hydrogen (secondary N) is 1. The third-order valence-corrected chi connectivity index (χ3v) is 3.26. The van der Waals surface area contributed by atoms with Crippen LogP contribution in [0.3, 0.4) is 0 Å². The molecule has 0 bridgehead atoms. The summed E-state index contributed by atoms with van der Waals surface area (Å²) in [5.74, 6) is 1.09. The minimum absolute atomic E-state index is 0.205. The predicted octanol–water partition coefficient (Wildman–Crippen LogP) is 3.20. The van der Waals surface area contributed by atoms with Crippen LogP contribution < -0.4 is 20.5 Å². The smallest absolute Gasteiger partial charge is 0.255 e. The maximum Gasteiger partial charge on any atom is 0.255 e. The summed E-state index contributed by atoms with van der Waals surface area (Å²) < 4.78 is 11.0. The molecule has 5 nitrogen and oxygen atoms in total. The van der Waals surface area contributed by atoms with Crippen molar-refractivity contribution >= 4 is 11.6 Å². The third kappa shape index (κ3) is 4.47. The van der Waals surface area contributed by atoms with E-state index in [9.17, 15) is 4.79 Å². The number of carbonyl (C=O) groups is 1. The summed E-state index contributed by atoms with van der Waals surface area (Å²) in [5.41, 5.74) is 7.70. The maximum atomic E-state index is 12.4. The third-order valence-electron chi connectivity index (χ3n) is 3.26. The number of carbonyl (C=O) groups excluding carboxylic acids is 1. The first-order valence-corrected chi connectivity index (χ1v) is 7.68. The van der Waals surface area contributed by atoms with Crippen molar-refractivity contribution in [2.45, 2.75) is 20.4 Å². The summed E-state index contributed by atoms with van der Waals surface area (Å²) in [5, 5.41) is 2.87. The number of anilines is 1. The summed E-state index contributed by atoms with van der Waals surface area (Å²) in [6.45, 7) is 5.33. The molecule has 0 heterocycles. The van der Waals surface area contributed by atoms with Gasteiger partial charge in [0.25, 0.3) is 5.91 Å². The van der Waals surface area contributed by atoms with E-state index >= 15 is 0 Å². The molecule has 122 valence electrons. The Kier molecular flexibility index (Phi) is 6.00. The molecule has 0 saturated heterocycles. The highest BCUT2D eigenvalue weighted by Gasteiger charge is 2.11. The Morgan fingerprint density at radius 2 is 1.74 bits per heavy atom. The van der Waals surface area contributed by atoms with Gasteiger partial charge < -0.3 is 20.5 Å². The Labute approximate surface area is 136 Å². The molecular weight excluding hydrogens is 292 g/mol. The quantitative estimate of drug-likeness (QED) is 0.823. The van der Waals surface area contributed by atoms with Crippen molar-refractivity contribution in [1.29, 1.82) is 0 Å². The van der Waals surface area contributed by atoms with Gasteiger partial charge >= 0.3 is 0 Å². The normalized spacial score (nSPS) is 10.2. The van der Waals surface area contributed by atoms with E-state index in [2.05, 4.69) is 5.32 Å². The van der Waals surface area contributed by atoms with E-state index in [1.165, 1.54) is 0 Å². The average molecular weight is 314 g/mol. The second kappa shape index (κ2) is 8.19. The molecule has 0 aliphatic carbocycles. The van der Waals surface area contributed by atoms with Gasteiger partial charge in [-0.05, 0) is 43.7 Å². The van der Waals surface area contributed by atoms with Crippen molar-refractivity contribution in [3.8, 4) is 11.5 Å². The number of nitrogens with two attached hydrogens (primary N) is 1. The molecule has 0 aromatic heterocycles. The average Bonchev–Trinajstić information content (AvgIpc) is 2.57. The van der Waals surface area contributed by atoms with Crippen LogP contribution in [0.15, 0.2) is 42.5 Å². The zero-order valence-electron chi connectivity index (χ0n) is 13.5. The number of ether oxygens (including phenoxy) is 2. The zero-order chi connectivity index (χ0) is 16.7. The maximum absolute atomic E-state index is 12.4. The van der Waals surface area contributed by atoms with Gasteiger partial charge in [0.2, 0.25) is 0 Å². The summed E-state index contributed by atoms with van der Waals surface area (Å²) in [6.07, 6.45) is 0. The molecule has 23 heavy (non-hydrogen) atoms. The molecule has 0 atom stereocenters. The van der Waals surface area contributed by atoms with Crippen molar-refractivity contribution in [3.63, 3.8) is 0 Å². The Balaban J connectivity index is 2.21. The number of rotatable bonds is 7. The van der Waals surface area contributed by atoms with Crippen molar-refractivity contribution in [2.75, 3.05) is 18.5 Å². The van der Waals surface area contributed by atoms with Gasteiger partial charge in [0.15, 0.2) is 0 Å². The monoisotopic (exact) mass is 314 g/mol. The van der Waals surface area contributed by atoms with E-state index in [-0.39, 0.29) is 5.91 Å². The van der Waals surface area contributed by atoms with Gasteiger partial charge in [0.05, 0.1) is 18.9 Å². The second-order valence-corrected chi connectivity index (χ2v) is 4.88. The fraction of sp³-hybridized carbons (Fsp3) is 0.278. The minimum Gasteiger partial charge on any atom is -0.494 e. The molecule has 0 spiro atoms. The van der Waals surface area contributed by atoms with Gasteiger partial charge in [-0.2, -0.15) is 0 Å². The van der Waals surface area contributed by atoms with Crippen molar-refractivity contribution in [1.82, 2.24) is 0 Å². The topological polar surface area (TPSA) is 73.6 Å². The van der Waals surface area contributed by atoms with E-state index < -0.39 is 0 Å². The molecule has 5 heteroatoms. The number of benzene rings is 2. The predicted molar refractivity (Wildman–Crippen MR) is 91.1 cm³/mol. The molecule has 2 rings (SSSR count). The lowest BCUT2D eigenvalue weighted by Gasteiger charge is -2.13. The van der Waals surface area contributed by atoms with Gasteiger partial charge in [-0.1, -0.05) is 12.1 Å². The molecule has 1 amide bonds.